The lowest BCUT2D eigenvalue weighted by atomic mass is 10.0. The van der Waals surface area contributed by atoms with E-state index >= 15 is 0 Å². The van der Waals surface area contributed by atoms with Crippen molar-refractivity contribution in [2.75, 3.05) is 13.9 Å². The number of methoxy groups -OCH3 is 1. The lowest BCUT2D eigenvalue weighted by Crippen LogP contribution is -1.93. The summed E-state index contributed by atoms with van der Waals surface area (Å²) in [6, 6.07) is 14.3. The molecule has 0 spiro atoms. The predicted molar refractivity (Wildman–Crippen MR) is 74.1 cm³/mol. The van der Waals surface area contributed by atoms with Gasteiger partial charge in [-0.25, -0.2) is 0 Å². The molecular formula is C16H12O3. The van der Waals surface area contributed by atoms with E-state index in [1.165, 1.54) is 0 Å². The molecule has 0 unspecified atom stereocenters. The third kappa shape index (κ3) is 1.45. The van der Waals surface area contributed by atoms with Gasteiger partial charge in [-0.3, -0.25) is 0 Å². The van der Waals surface area contributed by atoms with Gasteiger partial charge in [0.15, 0.2) is 11.5 Å². The first-order chi connectivity index (χ1) is 9.36. The van der Waals surface area contributed by atoms with E-state index in [0.717, 1.165) is 38.8 Å². The third-order valence-corrected chi connectivity index (χ3v) is 3.54. The van der Waals surface area contributed by atoms with E-state index in [2.05, 4.69) is 24.3 Å². The van der Waals surface area contributed by atoms with Gasteiger partial charge in [-0.1, -0.05) is 24.3 Å². The molecule has 0 aliphatic carbocycles. The normalized spacial score (nSPS) is 13.1. The summed E-state index contributed by atoms with van der Waals surface area (Å²) in [5.41, 5.74) is 0. The molecule has 19 heavy (non-hydrogen) atoms. The molecule has 3 nitrogen and oxygen atoms in total. The largest absolute Gasteiger partial charge is 0.497 e. The average molecular weight is 252 g/mol. The molecule has 0 N–H and O–H groups in total. The van der Waals surface area contributed by atoms with E-state index in [1.807, 2.05) is 18.2 Å². The van der Waals surface area contributed by atoms with Crippen LogP contribution in [0.1, 0.15) is 0 Å². The van der Waals surface area contributed by atoms with Crippen molar-refractivity contribution in [2.24, 2.45) is 0 Å². The van der Waals surface area contributed by atoms with Gasteiger partial charge in [-0.05, 0) is 34.4 Å². The van der Waals surface area contributed by atoms with Crippen LogP contribution in [0, 0.1) is 0 Å². The summed E-state index contributed by atoms with van der Waals surface area (Å²) in [7, 11) is 1.68. The molecular weight excluding hydrogens is 240 g/mol. The number of benzene rings is 3. The smallest absolute Gasteiger partial charge is 0.231 e. The zero-order valence-corrected chi connectivity index (χ0v) is 10.5. The summed E-state index contributed by atoms with van der Waals surface area (Å²) >= 11 is 0. The molecule has 0 atom stereocenters. The van der Waals surface area contributed by atoms with Crippen LogP contribution in [0.15, 0.2) is 42.5 Å². The van der Waals surface area contributed by atoms with Crippen molar-refractivity contribution in [1.29, 1.82) is 0 Å². The van der Waals surface area contributed by atoms with Crippen molar-refractivity contribution < 1.29 is 14.2 Å². The molecule has 0 radical (unpaired) electrons. The first-order valence-electron chi connectivity index (χ1n) is 6.16. The van der Waals surface area contributed by atoms with Gasteiger partial charge >= 0.3 is 0 Å². The topological polar surface area (TPSA) is 27.7 Å². The Morgan fingerprint density at radius 1 is 0.947 bits per heavy atom. The standard InChI is InChI=1S/C16H12O3/c1-17-12-6-4-10-2-3-11-5-7-14-16(19-9-18-14)15(11)13(10)8-12/h2-8H,9H2,1H3. The lowest BCUT2D eigenvalue weighted by Gasteiger charge is -2.08. The van der Waals surface area contributed by atoms with Gasteiger partial charge in [0.05, 0.1) is 7.11 Å². The van der Waals surface area contributed by atoms with E-state index in [0.29, 0.717) is 0 Å². The van der Waals surface area contributed by atoms with Crippen LogP contribution in [0.25, 0.3) is 21.5 Å². The quantitative estimate of drug-likeness (QED) is 0.618. The first kappa shape index (κ1) is 10.5. The molecule has 1 aliphatic rings. The molecule has 0 saturated heterocycles. The van der Waals surface area contributed by atoms with Crippen molar-refractivity contribution in [3.05, 3.63) is 42.5 Å². The second kappa shape index (κ2) is 3.79. The van der Waals surface area contributed by atoms with Gasteiger partial charge in [0.25, 0.3) is 0 Å². The maximum atomic E-state index is 5.63. The Bertz CT molecular complexity index is 793. The molecule has 4 rings (SSSR count). The minimum atomic E-state index is 0.287. The van der Waals surface area contributed by atoms with Gasteiger partial charge < -0.3 is 14.2 Å². The summed E-state index contributed by atoms with van der Waals surface area (Å²) in [6.45, 7) is 0.287. The van der Waals surface area contributed by atoms with E-state index in [-0.39, 0.29) is 6.79 Å². The van der Waals surface area contributed by atoms with E-state index in [9.17, 15) is 0 Å². The zero-order chi connectivity index (χ0) is 12.8. The molecule has 3 heteroatoms. The van der Waals surface area contributed by atoms with Crippen molar-refractivity contribution in [2.45, 2.75) is 0 Å². The Kier molecular flexibility index (Phi) is 2.09. The third-order valence-electron chi connectivity index (χ3n) is 3.54. The Labute approximate surface area is 110 Å². The van der Waals surface area contributed by atoms with E-state index in [1.54, 1.807) is 7.11 Å². The number of rotatable bonds is 1. The number of fused-ring (bicyclic) bond motifs is 5. The summed E-state index contributed by atoms with van der Waals surface area (Å²) < 4.78 is 16.4. The predicted octanol–water partition coefficient (Wildman–Crippen LogP) is 3.73. The Balaban J connectivity index is 2.19. The second-order valence-corrected chi connectivity index (χ2v) is 4.55. The fraction of sp³-hybridized carbons (Fsp3) is 0.125. The maximum absolute atomic E-state index is 5.63. The summed E-state index contributed by atoms with van der Waals surface area (Å²) in [5, 5.41) is 4.52. The van der Waals surface area contributed by atoms with Crippen LogP contribution in [0.3, 0.4) is 0 Å². The van der Waals surface area contributed by atoms with Gasteiger partial charge in [0, 0.05) is 5.39 Å². The monoisotopic (exact) mass is 252 g/mol. The fourth-order valence-electron chi connectivity index (χ4n) is 2.61. The SMILES string of the molecule is COc1ccc2ccc3ccc4c(c3c2c1)OCO4. The van der Waals surface area contributed by atoms with Crippen LogP contribution in [-0.4, -0.2) is 13.9 Å². The fourth-order valence-corrected chi connectivity index (χ4v) is 2.61. The van der Waals surface area contributed by atoms with Gasteiger partial charge in [-0.15, -0.1) is 0 Å². The van der Waals surface area contributed by atoms with Crippen LogP contribution >= 0.6 is 0 Å². The zero-order valence-electron chi connectivity index (χ0n) is 10.5. The molecule has 3 aromatic carbocycles. The highest BCUT2D eigenvalue weighted by Gasteiger charge is 2.18. The van der Waals surface area contributed by atoms with Crippen LogP contribution in [-0.2, 0) is 0 Å². The van der Waals surface area contributed by atoms with Crippen molar-refractivity contribution >= 4 is 21.5 Å². The minimum absolute atomic E-state index is 0.287. The molecule has 0 fully saturated rings. The van der Waals surface area contributed by atoms with Crippen molar-refractivity contribution in [3.8, 4) is 17.2 Å². The summed E-state index contributed by atoms with van der Waals surface area (Å²) in [5.74, 6) is 2.48. The summed E-state index contributed by atoms with van der Waals surface area (Å²) in [6.07, 6.45) is 0. The Morgan fingerprint density at radius 3 is 2.63 bits per heavy atom. The van der Waals surface area contributed by atoms with Crippen molar-refractivity contribution in [3.63, 3.8) is 0 Å². The number of ether oxygens (including phenoxy) is 3. The average Bonchev–Trinajstić information content (AvgIpc) is 2.94. The van der Waals surface area contributed by atoms with Crippen molar-refractivity contribution in [1.82, 2.24) is 0 Å². The van der Waals surface area contributed by atoms with E-state index in [4.69, 9.17) is 14.2 Å². The van der Waals surface area contributed by atoms with Gasteiger partial charge in [0.2, 0.25) is 6.79 Å². The van der Waals surface area contributed by atoms with Gasteiger partial charge in [0.1, 0.15) is 5.75 Å². The highest BCUT2D eigenvalue weighted by Crippen LogP contribution is 2.43. The number of hydrogen-bond donors (Lipinski definition) is 0. The van der Waals surface area contributed by atoms with Crippen LogP contribution in [0.5, 0.6) is 17.2 Å². The Morgan fingerprint density at radius 2 is 1.74 bits per heavy atom. The highest BCUT2D eigenvalue weighted by atomic mass is 16.7. The molecule has 0 aromatic heterocycles. The molecule has 0 saturated carbocycles. The highest BCUT2D eigenvalue weighted by molar-refractivity contribution is 6.12. The molecule has 94 valence electrons. The van der Waals surface area contributed by atoms with Gasteiger partial charge in [-0.2, -0.15) is 0 Å². The molecule has 0 bridgehead atoms. The summed E-state index contributed by atoms with van der Waals surface area (Å²) in [4.78, 5) is 0. The van der Waals surface area contributed by atoms with Crippen LogP contribution < -0.4 is 14.2 Å². The maximum Gasteiger partial charge on any atom is 0.231 e. The molecule has 1 aliphatic heterocycles. The minimum Gasteiger partial charge on any atom is -0.497 e. The molecule has 3 aromatic rings. The number of hydrogen-bond acceptors (Lipinski definition) is 3. The van der Waals surface area contributed by atoms with Crippen LogP contribution in [0.4, 0.5) is 0 Å². The van der Waals surface area contributed by atoms with E-state index < -0.39 is 0 Å². The Hall–Kier alpha value is -2.42. The first-order valence-corrected chi connectivity index (χ1v) is 6.16. The second-order valence-electron chi connectivity index (χ2n) is 4.55. The molecule has 0 amide bonds. The van der Waals surface area contributed by atoms with Crippen LogP contribution in [0.2, 0.25) is 0 Å². The molecule has 1 heterocycles. The lowest BCUT2D eigenvalue weighted by molar-refractivity contribution is 0.175.